The van der Waals surface area contributed by atoms with Crippen LogP contribution in [-0.2, 0) is 16.1 Å². The highest BCUT2D eigenvalue weighted by Gasteiger charge is 2.30. The van der Waals surface area contributed by atoms with Gasteiger partial charge in [0.05, 0.1) is 6.10 Å². The number of alkyl halides is 3. The fraction of sp³-hybridized carbons (Fsp3) is 0.682. The van der Waals surface area contributed by atoms with Gasteiger partial charge in [-0.2, -0.15) is 13.2 Å². The maximum Gasteiger partial charge on any atom is 0.422 e. The van der Waals surface area contributed by atoms with E-state index in [9.17, 15) is 18.0 Å². The zero-order valence-corrected chi connectivity index (χ0v) is 17.5. The molecule has 8 heteroatoms. The number of ether oxygens (including phenoxy) is 2. The van der Waals surface area contributed by atoms with Gasteiger partial charge in [0.15, 0.2) is 6.61 Å². The van der Waals surface area contributed by atoms with Gasteiger partial charge in [0.25, 0.3) is 5.91 Å². The molecule has 0 radical (unpaired) electrons. The SMILES string of the molecule is CC[C@H](OC1CCCC1)C(=O)N1CCN(Cc2ccc(OCC(F)(F)F)cc2)CC1. The average Bonchev–Trinajstić information content (AvgIpc) is 3.24. The van der Waals surface area contributed by atoms with Gasteiger partial charge >= 0.3 is 6.18 Å². The second kappa shape index (κ2) is 10.5. The summed E-state index contributed by atoms with van der Waals surface area (Å²) in [6, 6.07) is 6.69. The van der Waals surface area contributed by atoms with Crippen LogP contribution in [0.2, 0.25) is 0 Å². The van der Waals surface area contributed by atoms with Crippen molar-refractivity contribution < 1.29 is 27.4 Å². The summed E-state index contributed by atoms with van der Waals surface area (Å²) in [7, 11) is 0. The molecule has 2 aliphatic rings. The third-order valence-corrected chi connectivity index (χ3v) is 5.72. The zero-order valence-electron chi connectivity index (χ0n) is 17.5. The van der Waals surface area contributed by atoms with Crippen LogP contribution in [0, 0.1) is 0 Å². The summed E-state index contributed by atoms with van der Waals surface area (Å²) in [6.07, 6.45) is 0.710. The van der Waals surface area contributed by atoms with Gasteiger partial charge in [0.2, 0.25) is 0 Å². The number of rotatable bonds is 8. The van der Waals surface area contributed by atoms with Crippen molar-refractivity contribution in [3.8, 4) is 5.75 Å². The monoisotopic (exact) mass is 428 g/mol. The van der Waals surface area contributed by atoms with Gasteiger partial charge in [-0.3, -0.25) is 9.69 Å². The van der Waals surface area contributed by atoms with E-state index in [0.717, 1.165) is 31.5 Å². The summed E-state index contributed by atoms with van der Waals surface area (Å²) in [5.74, 6) is 0.301. The molecule has 30 heavy (non-hydrogen) atoms. The minimum absolute atomic E-state index is 0.0928. The lowest BCUT2D eigenvalue weighted by atomic mass is 10.1. The summed E-state index contributed by atoms with van der Waals surface area (Å²) in [4.78, 5) is 17.0. The van der Waals surface area contributed by atoms with Gasteiger partial charge in [-0.05, 0) is 37.0 Å². The zero-order chi connectivity index (χ0) is 21.6. The molecule has 1 saturated heterocycles. The van der Waals surface area contributed by atoms with Crippen molar-refractivity contribution in [1.82, 2.24) is 9.80 Å². The van der Waals surface area contributed by atoms with Gasteiger partial charge in [-0.1, -0.05) is 31.9 Å². The summed E-state index contributed by atoms with van der Waals surface area (Å²) in [5.41, 5.74) is 1.00. The maximum atomic E-state index is 12.8. The fourth-order valence-corrected chi connectivity index (χ4v) is 4.03. The molecule has 1 saturated carbocycles. The molecular weight excluding hydrogens is 397 g/mol. The van der Waals surface area contributed by atoms with Gasteiger partial charge in [0.1, 0.15) is 11.9 Å². The third kappa shape index (κ3) is 6.87. The number of carbonyl (C=O) groups is 1. The van der Waals surface area contributed by atoms with E-state index in [2.05, 4.69) is 4.90 Å². The van der Waals surface area contributed by atoms with Crippen molar-refractivity contribution >= 4 is 5.91 Å². The number of amides is 1. The van der Waals surface area contributed by atoms with Crippen LogP contribution in [0.1, 0.15) is 44.6 Å². The molecular formula is C22H31F3N2O3. The molecule has 168 valence electrons. The Kier molecular flexibility index (Phi) is 7.99. The van der Waals surface area contributed by atoms with E-state index in [0.29, 0.717) is 26.1 Å². The molecule has 1 amide bonds. The first kappa shape index (κ1) is 22.9. The molecule has 0 spiro atoms. The molecule has 1 aliphatic carbocycles. The second-order valence-corrected chi connectivity index (χ2v) is 8.09. The first-order valence-corrected chi connectivity index (χ1v) is 10.8. The van der Waals surface area contributed by atoms with Crippen LogP contribution in [0.15, 0.2) is 24.3 Å². The first-order chi connectivity index (χ1) is 14.3. The normalized spacial score (nSPS) is 19.8. The molecule has 5 nitrogen and oxygen atoms in total. The van der Waals surface area contributed by atoms with Gasteiger partial charge in [-0.25, -0.2) is 0 Å². The number of nitrogens with zero attached hydrogens (tertiary/aromatic N) is 2. The van der Waals surface area contributed by atoms with Crippen molar-refractivity contribution in [1.29, 1.82) is 0 Å². The van der Waals surface area contributed by atoms with Crippen LogP contribution in [0.5, 0.6) is 5.75 Å². The molecule has 0 N–H and O–H groups in total. The summed E-state index contributed by atoms with van der Waals surface area (Å²) >= 11 is 0. The number of benzene rings is 1. The lowest BCUT2D eigenvalue weighted by Crippen LogP contribution is -2.51. The molecule has 1 heterocycles. The van der Waals surface area contributed by atoms with Crippen LogP contribution < -0.4 is 4.74 Å². The van der Waals surface area contributed by atoms with Crippen molar-refractivity contribution in [2.45, 2.75) is 64.0 Å². The molecule has 3 rings (SSSR count). The van der Waals surface area contributed by atoms with Crippen molar-refractivity contribution in [3.05, 3.63) is 29.8 Å². The molecule has 1 aromatic rings. The molecule has 1 atom stereocenters. The first-order valence-electron chi connectivity index (χ1n) is 10.8. The van der Waals surface area contributed by atoms with Gasteiger partial charge in [0, 0.05) is 32.7 Å². The van der Waals surface area contributed by atoms with Crippen LogP contribution in [0.25, 0.3) is 0 Å². The molecule has 0 bridgehead atoms. The topological polar surface area (TPSA) is 42.0 Å². The minimum Gasteiger partial charge on any atom is -0.484 e. The van der Waals surface area contributed by atoms with Gasteiger partial charge in [-0.15, -0.1) is 0 Å². The van der Waals surface area contributed by atoms with Crippen LogP contribution in [-0.4, -0.2) is 66.9 Å². The summed E-state index contributed by atoms with van der Waals surface area (Å²) < 4.78 is 47.5. The van der Waals surface area contributed by atoms with E-state index >= 15 is 0 Å². The quantitative estimate of drug-likeness (QED) is 0.628. The second-order valence-electron chi connectivity index (χ2n) is 8.09. The Bertz CT molecular complexity index is 667. The highest BCUT2D eigenvalue weighted by atomic mass is 19.4. The average molecular weight is 428 g/mol. The highest BCUT2D eigenvalue weighted by Crippen LogP contribution is 2.24. The molecule has 1 aliphatic heterocycles. The molecule has 1 aromatic carbocycles. The van der Waals surface area contributed by atoms with E-state index in [1.54, 1.807) is 24.3 Å². The summed E-state index contributed by atoms with van der Waals surface area (Å²) in [5, 5.41) is 0. The van der Waals surface area contributed by atoms with Crippen molar-refractivity contribution in [2.24, 2.45) is 0 Å². The largest absolute Gasteiger partial charge is 0.484 e. The predicted octanol–water partition coefficient (Wildman–Crippen LogP) is 4.01. The number of hydrogen-bond acceptors (Lipinski definition) is 4. The lowest BCUT2D eigenvalue weighted by Gasteiger charge is -2.36. The predicted molar refractivity (Wildman–Crippen MR) is 107 cm³/mol. The van der Waals surface area contributed by atoms with E-state index in [1.807, 2.05) is 11.8 Å². The standard InChI is InChI=1S/C22H31F3N2O3/c1-2-20(30-19-5-3-4-6-19)21(28)27-13-11-26(12-14-27)15-17-7-9-18(10-8-17)29-16-22(23,24)25/h7-10,19-20H,2-6,11-16H2,1H3/t20-/m0/s1. The Morgan fingerprint density at radius 3 is 2.30 bits per heavy atom. The minimum atomic E-state index is -4.34. The molecule has 2 fully saturated rings. The number of piperazine rings is 1. The van der Waals surface area contributed by atoms with E-state index in [4.69, 9.17) is 9.47 Å². The smallest absolute Gasteiger partial charge is 0.422 e. The Labute approximate surface area is 176 Å². The number of hydrogen-bond donors (Lipinski definition) is 0. The molecule has 0 aromatic heterocycles. The third-order valence-electron chi connectivity index (χ3n) is 5.72. The Hall–Kier alpha value is -1.80. The van der Waals surface area contributed by atoms with Crippen LogP contribution in [0.3, 0.4) is 0 Å². The number of halogens is 3. The lowest BCUT2D eigenvalue weighted by molar-refractivity contribution is -0.153. The molecule has 0 unspecified atom stereocenters. The van der Waals surface area contributed by atoms with E-state index in [1.165, 1.54) is 12.8 Å². The van der Waals surface area contributed by atoms with Crippen LogP contribution in [0.4, 0.5) is 13.2 Å². The highest BCUT2D eigenvalue weighted by molar-refractivity contribution is 5.81. The Morgan fingerprint density at radius 2 is 1.73 bits per heavy atom. The Balaban J connectivity index is 1.43. The van der Waals surface area contributed by atoms with Crippen molar-refractivity contribution in [3.63, 3.8) is 0 Å². The maximum absolute atomic E-state index is 12.8. The van der Waals surface area contributed by atoms with Gasteiger partial charge < -0.3 is 14.4 Å². The Morgan fingerprint density at radius 1 is 1.10 bits per heavy atom. The van der Waals surface area contributed by atoms with E-state index in [-0.39, 0.29) is 23.9 Å². The van der Waals surface area contributed by atoms with Crippen LogP contribution >= 0.6 is 0 Å². The summed E-state index contributed by atoms with van der Waals surface area (Å²) in [6.45, 7) is 4.25. The van der Waals surface area contributed by atoms with Crippen molar-refractivity contribution in [2.75, 3.05) is 32.8 Å². The number of carbonyl (C=O) groups excluding carboxylic acids is 1. The fourth-order valence-electron chi connectivity index (χ4n) is 4.03. The van der Waals surface area contributed by atoms with E-state index < -0.39 is 12.8 Å².